The van der Waals surface area contributed by atoms with Crippen LogP contribution in [-0.4, -0.2) is 53.3 Å². The van der Waals surface area contributed by atoms with Gasteiger partial charge in [-0.2, -0.15) is 0 Å². The van der Waals surface area contributed by atoms with Crippen LogP contribution in [0.25, 0.3) is 11.3 Å². The summed E-state index contributed by atoms with van der Waals surface area (Å²) in [6.45, 7) is 6.76. The summed E-state index contributed by atoms with van der Waals surface area (Å²) in [4.78, 5) is 45.9. The van der Waals surface area contributed by atoms with Gasteiger partial charge in [-0.15, -0.1) is 0 Å². The highest BCUT2D eigenvalue weighted by atomic mass is 16.5. The Morgan fingerprint density at radius 1 is 1.07 bits per heavy atom. The summed E-state index contributed by atoms with van der Waals surface area (Å²) in [5, 5.41) is 14.8. The van der Waals surface area contributed by atoms with Gasteiger partial charge in [-0.1, -0.05) is 44.2 Å². The summed E-state index contributed by atoms with van der Waals surface area (Å²) in [6, 6.07) is 20.0. The van der Waals surface area contributed by atoms with Gasteiger partial charge in [-0.05, 0) is 60.4 Å². The van der Waals surface area contributed by atoms with E-state index < -0.39 is 0 Å². The molecule has 0 atom stereocenters. The Morgan fingerprint density at radius 2 is 1.82 bits per heavy atom. The van der Waals surface area contributed by atoms with Crippen molar-refractivity contribution >= 4 is 29.0 Å². The second-order valence-electron chi connectivity index (χ2n) is 10.9. The second-order valence-corrected chi connectivity index (χ2v) is 10.9. The number of rotatable bonds is 12. The first-order valence-corrected chi connectivity index (χ1v) is 14.5. The molecule has 0 aliphatic rings. The summed E-state index contributed by atoms with van der Waals surface area (Å²) >= 11 is 0. The van der Waals surface area contributed by atoms with Crippen LogP contribution in [0.15, 0.2) is 77.7 Å². The molecule has 0 fully saturated rings. The number of hydrogen-bond acceptors (Lipinski definition) is 7. The number of carbonyl (C=O) groups excluding carboxylic acids is 2. The molecule has 10 heteroatoms. The van der Waals surface area contributed by atoms with E-state index in [4.69, 9.17) is 14.8 Å². The van der Waals surface area contributed by atoms with Crippen LogP contribution < -0.4 is 21.1 Å². The van der Waals surface area contributed by atoms with E-state index in [1.807, 2.05) is 55.5 Å². The third kappa shape index (κ3) is 7.39. The van der Waals surface area contributed by atoms with Crippen molar-refractivity contribution in [2.75, 3.05) is 37.0 Å². The maximum Gasteiger partial charge on any atom is 0.293 e. The third-order valence-corrected chi connectivity index (χ3v) is 7.07. The van der Waals surface area contributed by atoms with Crippen molar-refractivity contribution in [1.82, 2.24) is 14.9 Å². The number of methoxy groups -OCH3 is 1. The number of anilines is 3. The Kier molecular flexibility index (Phi) is 10.6. The first-order chi connectivity index (χ1) is 21.1. The lowest BCUT2D eigenvalue weighted by atomic mass is 10.0. The topological polar surface area (TPSA) is 126 Å². The number of aliphatic hydroxyl groups excluding tert-OH is 1. The Labute approximate surface area is 257 Å². The van der Waals surface area contributed by atoms with Crippen molar-refractivity contribution in [2.24, 2.45) is 13.0 Å². The van der Waals surface area contributed by atoms with Crippen LogP contribution in [0, 0.1) is 12.8 Å². The molecular formula is C34H39N5O5. The van der Waals surface area contributed by atoms with Crippen LogP contribution in [0.5, 0.6) is 0 Å². The zero-order valence-corrected chi connectivity index (χ0v) is 25.8. The predicted octanol–water partition coefficient (Wildman–Crippen LogP) is 4.67. The van der Waals surface area contributed by atoms with E-state index in [2.05, 4.69) is 24.5 Å². The maximum absolute atomic E-state index is 13.6. The van der Waals surface area contributed by atoms with Gasteiger partial charge in [0.2, 0.25) is 0 Å². The number of nitrogens with one attached hydrogen (secondary N) is 2. The molecule has 1 heterocycles. The van der Waals surface area contributed by atoms with E-state index in [9.17, 15) is 14.4 Å². The first kappa shape index (κ1) is 32.1. The van der Waals surface area contributed by atoms with Crippen molar-refractivity contribution in [2.45, 2.75) is 27.4 Å². The fourth-order valence-electron chi connectivity index (χ4n) is 4.97. The Bertz CT molecular complexity index is 1680. The highest BCUT2D eigenvalue weighted by Crippen LogP contribution is 2.32. The van der Waals surface area contributed by atoms with Crippen LogP contribution >= 0.6 is 0 Å². The van der Waals surface area contributed by atoms with E-state index in [1.165, 1.54) is 11.7 Å². The van der Waals surface area contributed by atoms with Crippen molar-refractivity contribution < 1.29 is 19.4 Å². The summed E-state index contributed by atoms with van der Waals surface area (Å²) in [7, 11) is 3.19. The van der Waals surface area contributed by atoms with E-state index >= 15 is 0 Å². The molecular weight excluding hydrogens is 558 g/mol. The lowest BCUT2D eigenvalue weighted by molar-refractivity contribution is 0.0938. The highest BCUT2D eigenvalue weighted by Gasteiger charge is 2.22. The summed E-state index contributed by atoms with van der Waals surface area (Å²) in [5.41, 5.74) is 4.82. The maximum atomic E-state index is 13.6. The largest absolute Gasteiger partial charge is 0.395 e. The van der Waals surface area contributed by atoms with E-state index in [0.29, 0.717) is 34.6 Å². The first-order valence-electron chi connectivity index (χ1n) is 14.5. The van der Waals surface area contributed by atoms with Gasteiger partial charge in [0.1, 0.15) is 0 Å². The molecule has 10 nitrogen and oxygen atoms in total. The molecule has 44 heavy (non-hydrogen) atoms. The molecule has 230 valence electrons. The molecule has 0 spiro atoms. The lowest BCUT2D eigenvalue weighted by Gasteiger charge is -2.27. The monoisotopic (exact) mass is 597 g/mol. The number of aliphatic hydroxyl groups is 1. The quantitative estimate of drug-likeness (QED) is 0.217. The minimum absolute atomic E-state index is 0.0873. The summed E-state index contributed by atoms with van der Waals surface area (Å²) in [6.07, 6.45) is 1.68. The molecule has 0 saturated heterocycles. The van der Waals surface area contributed by atoms with Gasteiger partial charge in [-0.25, -0.2) is 4.98 Å². The fourth-order valence-corrected chi connectivity index (χ4v) is 4.97. The molecule has 0 bridgehead atoms. The van der Waals surface area contributed by atoms with Gasteiger partial charge in [-0.3, -0.25) is 14.4 Å². The number of hydrogen-bond donors (Lipinski definition) is 3. The van der Waals surface area contributed by atoms with E-state index in [0.717, 1.165) is 16.8 Å². The van der Waals surface area contributed by atoms with Gasteiger partial charge in [0.15, 0.2) is 5.82 Å². The van der Waals surface area contributed by atoms with E-state index in [-0.39, 0.29) is 48.9 Å². The van der Waals surface area contributed by atoms with Crippen molar-refractivity contribution in [3.8, 4) is 11.3 Å². The number of carbonyl (C=O) groups is 2. The average Bonchev–Trinajstić information content (AvgIpc) is 3.01. The number of amides is 2. The Hall–Kier alpha value is -4.80. The van der Waals surface area contributed by atoms with Crippen LogP contribution in [-0.2, 0) is 18.4 Å². The zero-order chi connectivity index (χ0) is 31.8. The van der Waals surface area contributed by atoms with Crippen molar-refractivity contribution in [3.63, 3.8) is 0 Å². The molecule has 0 saturated carbocycles. The van der Waals surface area contributed by atoms with Gasteiger partial charge in [0.25, 0.3) is 17.4 Å². The van der Waals surface area contributed by atoms with Gasteiger partial charge in [0.05, 0.1) is 18.9 Å². The van der Waals surface area contributed by atoms with Crippen LogP contribution in [0.4, 0.5) is 17.2 Å². The molecule has 0 unspecified atom stereocenters. The molecule has 1 aromatic heterocycles. The normalized spacial score (nSPS) is 11.0. The number of aryl methyl sites for hydroxylation is 1. The molecule has 4 aromatic rings. The van der Waals surface area contributed by atoms with Gasteiger partial charge >= 0.3 is 0 Å². The fraction of sp³-hybridized carbons (Fsp3) is 0.294. The van der Waals surface area contributed by atoms with Gasteiger partial charge in [0, 0.05) is 61.5 Å². The molecule has 0 aliphatic heterocycles. The Balaban J connectivity index is 1.72. The Morgan fingerprint density at radius 3 is 2.50 bits per heavy atom. The standard InChI is InChI=1S/C34H39N5O5/c1-22(2)19-39(33(42)24-10-7-6-8-11-24)30-13-9-12-27(23(30)3)29-20-38(4)34(43)31(37-29)36-26-14-15-28(25(18-26)21-44-5)32(41)35-16-17-40/h6-15,18,20,22,40H,16-17,19,21H2,1-5H3,(H,35,41)(H,36,37). The number of nitrogens with zero attached hydrogens (tertiary/aromatic N) is 3. The minimum atomic E-state index is -0.332. The van der Waals surface area contributed by atoms with Crippen molar-refractivity contribution in [1.29, 1.82) is 0 Å². The van der Waals surface area contributed by atoms with E-state index in [1.54, 1.807) is 36.3 Å². The number of ether oxygens (including phenoxy) is 1. The van der Waals surface area contributed by atoms with Gasteiger partial charge < -0.3 is 29.9 Å². The summed E-state index contributed by atoms with van der Waals surface area (Å²) in [5.74, 6) is -0.0839. The molecule has 0 aliphatic carbocycles. The molecule has 3 N–H and O–H groups in total. The average molecular weight is 598 g/mol. The molecule has 2 amide bonds. The number of benzene rings is 3. The SMILES string of the molecule is COCc1cc(Nc2nc(-c3cccc(N(CC(C)C)C(=O)c4ccccc4)c3C)cn(C)c2=O)ccc1C(=O)NCCO. The molecule has 0 radical (unpaired) electrons. The molecule has 4 rings (SSSR count). The zero-order valence-electron chi connectivity index (χ0n) is 25.8. The number of aromatic nitrogens is 2. The van der Waals surface area contributed by atoms with Crippen LogP contribution in [0.1, 0.15) is 45.7 Å². The lowest BCUT2D eigenvalue weighted by Crippen LogP contribution is -2.34. The summed E-state index contributed by atoms with van der Waals surface area (Å²) < 4.78 is 6.76. The smallest absolute Gasteiger partial charge is 0.293 e. The second kappa shape index (κ2) is 14.6. The minimum Gasteiger partial charge on any atom is -0.395 e. The highest BCUT2D eigenvalue weighted by molar-refractivity contribution is 6.07. The van der Waals surface area contributed by atoms with Crippen LogP contribution in [0.3, 0.4) is 0 Å². The van der Waals surface area contributed by atoms with Crippen molar-refractivity contribution in [3.05, 3.63) is 106 Å². The molecule has 3 aromatic carbocycles. The van der Waals surface area contributed by atoms with Crippen LogP contribution in [0.2, 0.25) is 0 Å². The third-order valence-electron chi connectivity index (χ3n) is 7.07. The predicted molar refractivity (Wildman–Crippen MR) is 172 cm³/mol.